The van der Waals surface area contributed by atoms with Gasteiger partial charge in [0.1, 0.15) is 0 Å². The van der Waals surface area contributed by atoms with Gasteiger partial charge in [-0.1, -0.05) is 119 Å². The topological polar surface area (TPSA) is 0 Å². The van der Waals surface area contributed by atoms with E-state index in [4.69, 9.17) is 0 Å². The first-order valence-electron chi connectivity index (χ1n) is 14.8. The average molecular weight is 507 g/mol. The normalized spacial score (nSPS) is 13.2. The van der Waals surface area contributed by atoms with Crippen molar-refractivity contribution in [2.24, 2.45) is 0 Å². The molecule has 0 spiro atoms. The summed E-state index contributed by atoms with van der Waals surface area (Å²) in [7, 11) is 0. The fraction of sp³-hybridized carbons (Fsp3) is 0.231. The van der Waals surface area contributed by atoms with Gasteiger partial charge in [0.25, 0.3) is 0 Å². The van der Waals surface area contributed by atoms with Crippen molar-refractivity contribution in [2.45, 2.75) is 59.8 Å². The summed E-state index contributed by atoms with van der Waals surface area (Å²) in [5, 5.41) is 2.74. The minimum atomic E-state index is 0.995. The summed E-state index contributed by atoms with van der Waals surface area (Å²) >= 11 is 0. The first-order chi connectivity index (χ1) is 19.2. The van der Waals surface area contributed by atoms with E-state index in [2.05, 4.69) is 125 Å². The van der Waals surface area contributed by atoms with Gasteiger partial charge in [0.05, 0.1) is 0 Å². The number of allylic oxidation sites excluding steroid dienone is 4. The maximum atomic E-state index is 2.50. The Hall–Kier alpha value is -3.90. The summed E-state index contributed by atoms with van der Waals surface area (Å²) in [4.78, 5) is 0. The predicted molar refractivity (Wildman–Crippen MR) is 168 cm³/mol. The van der Waals surface area contributed by atoms with Crippen LogP contribution in [0.3, 0.4) is 0 Å². The van der Waals surface area contributed by atoms with Crippen LogP contribution in [0.2, 0.25) is 0 Å². The number of hydrogen-bond acceptors (Lipinski definition) is 0. The van der Waals surface area contributed by atoms with Crippen LogP contribution < -0.4 is 10.4 Å². The smallest absolute Gasteiger partial charge is 0.00359 e. The van der Waals surface area contributed by atoms with Crippen molar-refractivity contribution in [1.29, 1.82) is 0 Å². The molecule has 0 saturated heterocycles. The highest BCUT2D eigenvalue weighted by Crippen LogP contribution is 2.44. The van der Waals surface area contributed by atoms with Crippen molar-refractivity contribution >= 4 is 17.2 Å². The second-order valence-electron chi connectivity index (χ2n) is 10.6. The largest absolute Gasteiger partial charge is 0.0801 e. The quantitative estimate of drug-likeness (QED) is 0.208. The van der Waals surface area contributed by atoms with Gasteiger partial charge in [-0.3, -0.25) is 0 Å². The molecule has 0 heteroatoms. The van der Waals surface area contributed by atoms with Gasteiger partial charge in [-0.25, -0.2) is 0 Å². The van der Waals surface area contributed by atoms with Gasteiger partial charge in [0.2, 0.25) is 0 Å². The van der Waals surface area contributed by atoms with Gasteiger partial charge >= 0.3 is 0 Å². The van der Waals surface area contributed by atoms with Gasteiger partial charge in [0.15, 0.2) is 0 Å². The molecule has 6 rings (SSSR count). The molecule has 0 aliphatic heterocycles. The first kappa shape index (κ1) is 25.4. The molecule has 0 aromatic heterocycles. The molecule has 0 atom stereocenters. The van der Waals surface area contributed by atoms with E-state index in [9.17, 15) is 0 Å². The van der Waals surface area contributed by atoms with Gasteiger partial charge < -0.3 is 0 Å². The number of rotatable bonds is 7. The maximum absolute atomic E-state index is 2.50. The molecule has 0 nitrogen and oxygen atoms in total. The standard InChI is InChI=1S/C39H38/c1-5-30-31(6-2)37(28-21-15-16-22-28)35-25-29-23-24-34(33(8-4)38(29)39(35)32(30)7-3)36(26-17-11-9-12-18-26)27-19-13-10-14-20-27/h9-21,23-25H,5-8,22H2,1-4H3. The lowest BCUT2D eigenvalue weighted by Crippen LogP contribution is -2.21. The Balaban J connectivity index is 1.76. The van der Waals surface area contributed by atoms with E-state index in [0.29, 0.717) is 0 Å². The van der Waals surface area contributed by atoms with Gasteiger partial charge in [-0.2, -0.15) is 0 Å². The lowest BCUT2D eigenvalue weighted by molar-refractivity contribution is 0.975. The van der Waals surface area contributed by atoms with Crippen LogP contribution in [0.1, 0.15) is 78.6 Å². The van der Waals surface area contributed by atoms with Gasteiger partial charge in [0, 0.05) is 0 Å². The van der Waals surface area contributed by atoms with Crippen LogP contribution in [0.25, 0.3) is 28.3 Å². The summed E-state index contributed by atoms with van der Waals surface area (Å²) < 4.78 is 0. The molecule has 0 saturated carbocycles. The zero-order chi connectivity index (χ0) is 26.9. The van der Waals surface area contributed by atoms with E-state index < -0.39 is 0 Å². The highest BCUT2D eigenvalue weighted by molar-refractivity contribution is 5.96. The molecule has 0 bridgehead atoms. The fourth-order valence-electron chi connectivity index (χ4n) is 7.10. The Bertz CT molecular complexity index is 1690. The fourth-order valence-corrected chi connectivity index (χ4v) is 7.10. The Morgan fingerprint density at radius 3 is 1.72 bits per heavy atom. The third-order valence-electron chi connectivity index (χ3n) is 8.67. The molecule has 2 aliphatic carbocycles. The second kappa shape index (κ2) is 10.7. The van der Waals surface area contributed by atoms with Crippen molar-refractivity contribution in [1.82, 2.24) is 0 Å². The Labute approximate surface area is 233 Å². The lowest BCUT2D eigenvalue weighted by atomic mass is 9.79. The highest BCUT2D eigenvalue weighted by Gasteiger charge is 2.28. The molecule has 0 heterocycles. The summed E-state index contributed by atoms with van der Waals surface area (Å²) in [6.45, 7) is 9.37. The van der Waals surface area contributed by atoms with E-state index in [1.165, 1.54) is 60.5 Å². The van der Waals surface area contributed by atoms with Crippen LogP contribution in [0.4, 0.5) is 0 Å². The van der Waals surface area contributed by atoms with Crippen LogP contribution in [-0.2, 0) is 25.7 Å². The van der Waals surface area contributed by atoms with E-state index in [1.54, 1.807) is 16.7 Å². The van der Waals surface area contributed by atoms with Crippen molar-refractivity contribution < 1.29 is 0 Å². The van der Waals surface area contributed by atoms with Gasteiger partial charge in [-0.15, -0.1) is 0 Å². The van der Waals surface area contributed by atoms with Crippen LogP contribution in [0.5, 0.6) is 0 Å². The molecule has 0 fully saturated rings. The molecule has 194 valence electrons. The Morgan fingerprint density at radius 1 is 0.590 bits per heavy atom. The number of benzene rings is 4. The van der Waals surface area contributed by atoms with Crippen LogP contribution in [0, 0.1) is 0 Å². The second-order valence-corrected chi connectivity index (χ2v) is 10.6. The maximum Gasteiger partial charge on any atom is -0.00359 e. The third kappa shape index (κ3) is 4.14. The zero-order valence-corrected chi connectivity index (χ0v) is 23.8. The van der Waals surface area contributed by atoms with Gasteiger partial charge in [-0.05, 0) is 115 Å². The summed E-state index contributed by atoms with van der Waals surface area (Å²) in [6, 6.07) is 26.7. The molecular weight excluding hydrogens is 468 g/mol. The SMILES string of the molecule is CCc1c(CC)c(C2=CC=CC2)c2c(c1CC)-c1c(CC)c(=C(c3ccccc3)c3ccccc3)ccc1=C2. The average Bonchev–Trinajstić information content (AvgIpc) is 3.65. The molecule has 0 radical (unpaired) electrons. The monoisotopic (exact) mass is 506 g/mol. The molecule has 0 unspecified atom stereocenters. The van der Waals surface area contributed by atoms with Crippen molar-refractivity contribution in [3.8, 4) is 11.1 Å². The molecule has 4 aromatic carbocycles. The molecule has 39 heavy (non-hydrogen) atoms. The number of hydrogen-bond donors (Lipinski definition) is 0. The van der Waals surface area contributed by atoms with E-state index in [0.717, 1.165) is 32.1 Å². The molecule has 0 N–H and O–H groups in total. The molecule has 0 amide bonds. The Morgan fingerprint density at radius 2 is 1.18 bits per heavy atom. The first-order valence-corrected chi connectivity index (χ1v) is 14.8. The van der Waals surface area contributed by atoms with E-state index >= 15 is 0 Å². The number of fused-ring (bicyclic) bond motifs is 3. The summed E-state index contributed by atoms with van der Waals surface area (Å²) in [5.74, 6) is 0. The third-order valence-corrected chi connectivity index (χ3v) is 8.67. The minimum Gasteiger partial charge on any atom is -0.0801 e. The van der Waals surface area contributed by atoms with Crippen LogP contribution in [0.15, 0.2) is 91.0 Å². The lowest BCUT2D eigenvalue weighted by Gasteiger charge is -2.24. The molecule has 4 aromatic rings. The van der Waals surface area contributed by atoms with E-state index in [1.807, 2.05) is 0 Å². The summed E-state index contributed by atoms with van der Waals surface area (Å²) in [6.07, 6.45) is 14.6. The highest BCUT2D eigenvalue weighted by atomic mass is 14.3. The minimum absolute atomic E-state index is 0.995. The predicted octanol–water partition coefficient (Wildman–Crippen LogP) is 8.34. The van der Waals surface area contributed by atoms with Crippen LogP contribution in [-0.4, -0.2) is 0 Å². The summed E-state index contributed by atoms with van der Waals surface area (Å²) in [5.41, 5.74) is 17.4. The van der Waals surface area contributed by atoms with Crippen molar-refractivity contribution in [2.75, 3.05) is 0 Å². The molecule has 2 aliphatic rings. The van der Waals surface area contributed by atoms with Crippen molar-refractivity contribution in [3.05, 3.63) is 146 Å². The van der Waals surface area contributed by atoms with Crippen LogP contribution >= 0.6 is 0 Å². The van der Waals surface area contributed by atoms with E-state index in [-0.39, 0.29) is 0 Å². The Kier molecular flexibility index (Phi) is 6.96. The zero-order valence-electron chi connectivity index (χ0n) is 23.8. The van der Waals surface area contributed by atoms with Crippen molar-refractivity contribution in [3.63, 3.8) is 0 Å². The molecular formula is C39H38.